The van der Waals surface area contributed by atoms with Crippen LogP contribution in [0.4, 0.5) is 5.82 Å². The van der Waals surface area contributed by atoms with E-state index in [1.807, 2.05) is 11.6 Å². The summed E-state index contributed by atoms with van der Waals surface area (Å²) in [5.41, 5.74) is 3.85. The fraction of sp³-hybridized carbons (Fsp3) is 0.556. The highest BCUT2D eigenvalue weighted by Crippen LogP contribution is 2.30. The number of hydrogen-bond acceptors (Lipinski definition) is 6. The standard InChI is InChI=1S/C27H36N6O2/c1-17-8-14-22(15-9-17)33-26-24(18(2)32-33)25(30-23(31-26)16-35-3)28-20-10-12-21(13-11-20)29-27(34)19-6-4-5-7-19/h8-9,14-15,19-21H,4-7,10-13,16H2,1-3H3,(H,29,34)(H,28,30,31). The lowest BCUT2D eigenvalue weighted by Crippen LogP contribution is -2.42. The van der Waals surface area contributed by atoms with Crippen LogP contribution in [0.3, 0.4) is 0 Å². The second kappa shape index (κ2) is 10.3. The number of rotatable bonds is 7. The summed E-state index contributed by atoms with van der Waals surface area (Å²) < 4.78 is 7.25. The molecule has 8 heteroatoms. The number of nitrogens with zero attached hydrogens (tertiary/aromatic N) is 4. The lowest BCUT2D eigenvalue weighted by molar-refractivity contribution is -0.125. The molecule has 2 N–H and O–H groups in total. The van der Waals surface area contributed by atoms with E-state index < -0.39 is 0 Å². The first-order chi connectivity index (χ1) is 17.0. The molecule has 2 aliphatic carbocycles. The maximum atomic E-state index is 12.5. The highest BCUT2D eigenvalue weighted by atomic mass is 16.5. The van der Waals surface area contributed by atoms with E-state index in [1.165, 1.54) is 18.4 Å². The van der Waals surface area contributed by atoms with Crippen LogP contribution in [-0.2, 0) is 16.1 Å². The molecule has 0 aliphatic heterocycles. The lowest BCUT2D eigenvalue weighted by atomic mass is 9.90. The molecule has 0 saturated heterocycles. The Balaban J connectivity index is 1.34. The zero-order valence-corrected chi connectivity index (χ0v) is 21.0. The van der Waals surface area contributed by atoms with E-state index in [9.17, 15) is 4.79 Å². The van der Waals surface area contributed by atoms with Crippen LogP contribution in [-0.4, -0.2) is 44.8 Å². The minimum atomic E-state index is 0.229. The molecule has 3 aromatic rings. The number of benzene rings is 1. The van der Waals surface area contributed by atoms with Crippen LogP contribution >= 0.6 is 0 Å². The molecule has 0 unspecified atom stereocenters. The zero-order valence-electron chi connectivity index (χ0n) is 21.0. The summed E-state index contributed by atoms with van der Waals surface area (Å²) in [4.78, 5) is 22.2. The number of carbonyl (C=O) groups is 1. The molecule has 2 aliphatic rings. The average Bonchev–Trinajstić information content (AvgIpc) is 3.50. The van der Waals surface area contributed by atoms with Gasteiger partial charge in [0.05, 0.1) is 16.8 Å². The number of fused-ring (bicyclic) bond motifs is 1. The van der Waals surface area contributed by atoms with Gasteiger partial charge in [0.1, 0.15) is 12.4 Å². The Hall–Kier alpha value is -3.00. The summed E-state index contributed by atoms with van der Waals surface area (Å²) in [6.07, 6.45) is 8.42. The Bertz CT molecular complexity index is 1170. The van der Waals surface area contributed by atoms with E-state index >= 15 is 0 Å². The van der Waals surface area contributed by atoms with Crippen LogP contribution in [0.15, 0.2) is 24.3 Å². The van der Waals surface area contributed by atoms with Gasteiger partial charge in [-0.1, -0.05) is 30.5 Å². The molecule has 2 heterocycles. The minimum Gasteiger partial charge on any atom is -0.377 e. The van der Waals surface area contributed by atoms with Gasteiger partial charge in [0.25, 0.3) is 0 Å². The minimum absolute atomic E-state index is 0.229. The third-order valence-corrected chi connectivity index (χ3v) is 7.44. The second-order valence-electron chi connectivity index (χ2n) is 10.1. The molecule has 1 amide bonds. The SMILES string of the molecule is COCc1nc(NC2CCC(NC(=O)C3CCCC3)CC2)c2c(C)nn(-c3ccc(C)cc3)c2n1. The summed E-state index contributed by atoms with van der Waals surface area (Å²) in [6.45, 7) is 4.42. The Morgan fingerprint density at radius 1 is 1.00 bits per heavy atom. The van der Waals surface area contributed by atoms with Gasteiger partial charge in [-0.2, -0.15) is 5.10 Å². The van der Waals surface area contributed by atoms with Gasteiger partial charge in [-0.25, -0.2) is 14.6 Å². The van der Waals surface area contributed by atoms with Crippen molar-refractivity contribution < 1.29 is 9.53 Å². The van der Waals surface area contributed by atoms with Crippen molar-refractivity contribution >= 4 is 22.8 Å². The van der Waals surface area contributed by atoms with Crippen LogP contribution < -0.4 is 10.6 Å². The van der Waals surface area contributed by atoms with Crippen molar-refractivity contribution in [3.05, 3.63) is 41.3 Å². The fourth-order valence-electron chi connectivity index (χ4n) is 5.47. The van der Waals surface area contributed by atoms with Gasteiger partial charge in [-0.05, 0) is 64.5 Å². The van der Waals surface area contributed by atoms with Crippen LogP contribution in [0.2, 0.25) is 0 Å². The molecule has 0 spiro atoms. The molecule has 2 saturated carbocycles. The Morgan fingerprint density at radius 3 is 2.37 bits per heavy atom. The quantitative estimate of drug-likeness (QED) is 0.517. The van der Waals surface area contributed by atoms with E-state index in [1.54, 1.807) is 7.11 Å². The predicted octanol–water partition coefficient (Wildman–Crippen LogP) is 4.61. The number of ether oxygens (including phenoxy) is 1. The summed E-state index contributed by atoms with van der Waals surface area (Å²) in [6, 6.07) is 8.87. The smallest absolute Gasteiger partial charge is 0.223 e. The molecule has 0 bridgehead atoms. The van der Waals surface area contributed by atoms with Crippen LogP contribution in [0, 0.1) is 19.8 Å². The van der Waals surface area contributed by atoms with E-state index in [4.69, 9.17) is 19.8 Å². The van der Waals surface area contributed by atoms with Crippen molar-refractivity contribution in [1.82, 2.24) is 25.1 Å². The normalized spacial score (nSPS) is 20.9. The molecule has 186 valence electrons. The van der Waals surface area contributed by atoms with Gasteiger partial charge < -0.3 is 15.4 Å². The molecule has 1 aromatic carbocycles. The summed E-state index contributed by atoms with van der Waals surface area (Å²) in [5, 5.41) is 12.8. The highest BCUT2D eigenvalue weighted by molar-refractivity contribution is 5.90. The monoisotopic (exact) mass is 476 g/mol. The van der Waals surface area contributed by atoms with Gasteiger partial charge >= 0.3 is 0 Å². The molecule has 35 heavy (non-hydrogen) atoms. The first kappa shape index (κ1) is 23.7. The van der Waals surface area contributed by atoms with Gasteiger partial charge in [0.15, 0.2) is 11.5 Å². The van der Waals surface area contributed by atoms with Crippen molar-refractivity contribution in [3.63, 3.8) is 0 Å². The number of amides is 1. The third kappa shape index (κ3) is 5.17. The van der Waals surface area contributed by atoms with E-state index in [0.717, 1.165) is 66.8 Å². The topological polar surface area (TPSA) is 94.0 Å². The highest BCUT2D eigenvalue weighted by Gasteiger charge is 2.28. The second-order valence-corrected chi connectivity index (χ2v) is 10.1. The first-order valence-corrected chi connectivity index (χ1v) is 12.9. The van der Waals surface area contributed by atoms with Gasteiger partial charge in [-0.15, -0.1) is 0 Å². The summed E-state index contributed by atoms with van der Waals surface area (Å²) in [7, 11) is 1.66. The maximum Gasteiger partial charge on any atom is 0.223 e. The van der Waals surface area contributed by atoms with Crippen LogP contribution in [0.5, 0.6) is 0 Å². The fourth-order valence-corrected chi connectivity index (χ4v) is 5.47. The van der Waals surface area contributed by atoms with Crippen molar-refractivity contribution in [1.29, 1.82) is 0 Å². The zero-order chi connectivity index (χ0) is 24.4. The molecule has 0 atom stereocenters. The molecule has 0 radical (unpaired) electrons. The predicted molar refractivity (Wildman–Crippen MR) is 137 cm³/mol. The van der Waals surface area contributed by atoms with E-state index in [0.29, 0.717) is 18.5 Å². The van der Waals surface area contributed by atoms with Gasteiger partial charge in [0, 0.05) is 25.1 Å². The molecule has 2 fully saturated rings. The maximum absolute atomic E-state index is 12.5. The van der Waals surface area contributed by atoms with Crippen LogP contribution in [0.25, 0.3) is 16.7 Å². The van der Waals surface area contributed by atoms with Crippen molar-refractivity contribution in [3.8, 4) is 5.69 Å². The van der Waals surface area contributed by atoms with E-state index in [-0.39, 0.29) is 17.9 Å². The van der Waals surface area contributed by atoms with E-state index in [2.05, 4.69) is 41.8 Å². The number of aryl methyl sites for hydroxylation is 2. The summed E-state index contributed by atoms with van der Waals surface area (Å²) >= 11 is 0. The van der Waals surface area contributed by atoms with Crippen molar-refractivity contribution in [2.45, 2.75) is 83.9 Å². The Morgan fingerprint density at radius 2 is 1.69 bits per heavy atom. The molecular weight excluding hydrogens is 440 g/mol. The van der Waals surface area contributed by atoms with Gasteiger partial charge in [0.2, 0.25) is 5.91 Å². The number of hydrogen-bond donors (Lipinski definition) is 2. The third-order valence-electron chi connectivity index (χ3n) is 7.44. The Labute approximate surface area is 206 Å². The molecule has 5 rings (SSSR count). The average molecular weight is 477 g/mol. The number of methoxy groups -OCH3 is 1. The van der Waals surface area contributed by atoms with Gasteiger partial charge in [-0.3, -0.25) is 4.79 Å². The number of carbonyl (C=O) groups excluding carboxylic acids is 1. The Kier molecular flexibility index (Phi) is 7.00. The number of aromatic nitrogens is 4. The van der Waals surface area contributed by atoms with Crippen molar-refractivity contribution in [2.75, 3.05) is 12.4 Å². The van der Waals surface area contributed by atoms with Crippen molar-refractivity contribution in [2.24, 2.45) is 5.92 Å². The lowest BCUT2D eigenvalue weighted by Gasteiger charge is -2.30. The first-order valence-electron chi connectivity index (χ1n) is 12.9. The largest absolute Gasteiger partial charge is 0.377 e. The molecule has 2 aromatic heterocycles. The number of nitrogens with one attached hydrogen (secondary N) is 2. The molecule has 8 nitrogen and oxygen atoms in total. The molecular formula is C27H36N6O2. The summed E-state index contributed by atoms with van der Waals surface area (Å²) in [5.74, 6) is 1.94. The van der Waals surface area contributed by atoms with Crippen LogP contribution in [0.1, 0.15) is 68.4 Å². The number of anilines is 1.